The van der Waals surface area contributed by atoms with Crippen LogP contribution >= 0.6 is 15.9 Å². The summed E-state index contributed by atoms with van der Waals surface area (Å²) in [4.78, 5) is 29.5. The number of carboxylic acid groups (broad SMARTS) is 1. The molecule has 8 nitrogen and oxygen atoms in total. The maximum atomic E-state index is 13.6. The molecule has 0 aliphatic carbocycles. The van der Waals surface area contributed by atoms with E-state index in [9.17, 15) is 9.59 Å². The summed E-state index contributed by atoms with van der Waals surface area (Å²) in [6, 6.07) is 25.5. The molecule has 2 heterocycles. The average molecular weight is 568 g/mol. The van der Waals surface area contributed by atoms with Crippen LogP contribution in [0.4, 0.5) is 0 Å². The smallest absolute Gasteiger partial charge is 0.341 e. The molecule has 0 bridgehead atoms. The van der Waals surface area contributed by atoms with Crippen molar-refractivity contribution in [3.63, 3.8) is 0 Å². The van der Waals surface area contributed by atoms with E-state index in [0.29, 0.717) is 33.6 Å². The molecule has 9 heteroatoms. The number of ether oxygens (including phenoxy) is 1. The summed E-state index contributed by atoms with van der Waals surface area (Å²) in [5.74, 6) is -0.175. The van der Waals surface area contributed by atoms with Crippen LogP contribution in [0, 0.1) is 0 Å². The van der Waals surface area contributed by atoms with Crippen molar-refractivity contribution in [1.29, 1.82) is 0 Å². The van der Waals surface area contributed by atoms with Crippen molar-refractivity contribution in [2.45, 2.75) is 0 Å². The Morgan fingerprint density at radius 2 is 1.79 bits per heavy atom. The van der Waals surface area contributed by atoms with E-state index >= 15 is 0 Å². The van der Waals surface area contributed by atoms with E-state index in [1.165, 1.54) is 10.9 Å². The fourth-order valence-corrected chi connectivity index (χ4v) is 4.68. The lowest BCUT2D eigenvalue weighted by Gasteiger charge is -2.11. The van der Waals surface area contributed by atoms with Gasteiger partial charge in [0.15, 0.2) is 12.4 Å². The van der Waals surface area contributed by atoms with Gasteiger partial charge in [0.05, 0.1) is 17.1 Å². The van der Waals surface area contributed by atoms with Gasteiger partial charge in [-0.05, 0) is 53.2 Å². The molecule has 6 aromatic rings. The lowest BCUT2D eigenvalue weighted by Crippen LogP contribution is -2.20. The van der Waals surface area contributed by atoms with Crippen LogP contribution in [0.5, 0.6) is 5.75 Å². The molecule has 0 aliphatic heterocycles. The summed E-state index contributed by atoms with van der Waals surface area (Å²) in [5, 5.41) is 16.6. The highest BCUT2D eigenvalue weighted by molar-refractivity contribution is 9.10. The summed E-state index contributed by atoms with van der Waals surface area (Å²) in [6.45, 7) is -0.517. The zero-order valence-corrected chi connectivity index (χ0v) is 21.3. The fourth-order valence-electron chi connectivity index (χ4n) is 4.30. The van der Waals surface area contributed by atoms with Gasteiger partial charge in [-0.1, -0.05) is 58.4 Å². The van der Waals surface area contributed by atoms with Crippen LogP contribution in [0.25, 0.3) is 44.2 Å². The second-order valence-corrected chi connectivity index (χ2v) is 9.40. The molecule has 0 unspecified atom stereocenters. The zero-order chi connectivity index (χ0) is 26.2. The van der Waals surface area contributed by atoms with Crippen molar-refractivity contribution < 1.29 is 19.1 Å². The number of carbonyl (C=O) groups is 1. The highest BCUT2D eigenvalue weighted by Gasteiger charge is 2.17. The van der Waals surface area contributed by atoms with Gasteiger partial charge >= 0.3 is 5.97 Å². The maximum Gasteiger partial charge on any atom is 0.341 e. The van der Waals surface area contributed by atoms with E-state index in [2.05, 4.69) is 21.0 Å². The summed E-state index contributed by atoms with van der Waals surface area (Å²) in [7, 11) is 0. The van der Waals surface area contributed by atoms with E-state index in [4.69, 9.17) is 19.2 Å². The monoisotopic (exact) mass is 567 g/mol. The molecule has 0 spiro atoms. The lowest BCUT2D eigenvalue weighted by molar-refractivity contribution is -0.139. The number of aliphatic carboxylic acids is 1. The molecule has 0 fully saturated rings. The topological polar surface area (TPSA) is 107 Å². The number of hydrogen-bond acceptors (Lipinski definition) is 6. The van der Waals surface area contributed by atoms with Crippen molar-refractivity contribution in [3.8, 4) is 17.3 Å². The van der Waals surface area contributed by atoms with E-state index in [-0.39, 0.29) is 11.4 Å². The second-order valence-electron chi connectivity index (χ2n) is 8.49. The third kappa shape index (κ3) is 4.33. The summed E-state index contributed by atoms with van der Waals surface area (Å²) in [6.07, 6.45) is 1.49. The number of fused-ring (bicyclic) bond motifs is 3. The first-order chi connectivity index (χ1) is 18.5. The predicted molar refractivity (Wildman–Crippen MR) is 149 cm³/mol. The number of halogens is 1. The van der Waals surface area contributed by atoms with E-state index in [1.54, 1.807) is 24.3 Å². The predicted octanol–water partition coefficient (Wildman–Crippen LogP) is 6.07. The molecular formula is C29H18BrN3O5. The Balaban J connectivity index is 1.57. The largest absolute Gasteiger partial charge is 0.481 e. The average Bonchev–Trinajstić information content (AvgIpc) is 3.34. The Labute approximate surface area is 223 Å². The van der Waals surface area contributed by atoms with Gasteiger partial charge in [0, 0.05) is 15.4 Å². The number of nitrogens with zero attached hydrogens (tertiary/aromatic N) is 3. The van der Waals surface area contributed by atoms with E-state index < -0.39 is 12.6 Å². The van der Waals surface area contributed by atoms with Gasteiger partial charge < -0.3 is 14.3 Å². The minimum atomic E-state index is -1.10. The van der Waals surface area contributed by atoms with Crippen LogP contribution in [0.15, 0.2) is 104 Å². The molecule has 0 radical (unpaired) electrons. The number of aromatic nitrogens is 2. The molecule has 6 rings (SSSR count). The number of rotatable bonds is 6. The Morgan fingerprint density at radius 3 is 2.63 bits per heavy atom. The van der Waals surface area contributed by atoms with Crippen LogP contribution in [-0.2, 0) is 4.79 Å². The van der Waals surface area contributed by atoms with Crippen LogP contribution in [0.1, 0.15) is 5.56 Å². The lowest BCUT2D eigenvalue weighted by atomic mass is 10.0. The van der Waals surface area contributed by atoms with Gasteiger partial charge in [-0.15, -0.1) is 0 Å². The van der Waals surface area contributed by atoms with Crippen molar-refractivity contribution >= 4 is 60.8 Å². The first-order valence-corrected chi connectivity index (χ1v) is 12.4. The highest BCUT2D eigenvalue weighted by Crippen LogP contribution is 2.30. The summed E-state index contributed by atoms with van der Waals surface area (Å²) in [5.41, 5.74) is 1.30. The van der Waals surface area contributed by atoms with E-state index in [0.717, 1.165) is 20.6 Å². The minimum Gasteiger partial charge on any atom is -0.481 e. The number of furan rings is 1. The number of hydrogen-bond donors (Lipinski definition) is 1. The zero-order valence-electron chi connectivity index (χ0n) is 19.7. The van der Waals surface area contributed by atoms with Gasteiger partial charge in [-0.3, -0.25) is 4.79 Å². The number of carboxylic acids is 1. The Kier molecular flexibility index (Phi) is 5.97. The third-order valence-corrected chi connectivity index (χ3v) is 6.53. The molecule has 0 saturated heterocycles. The minimum absolute atomic E-state index is 0.227. The molecule has 186 valence electrons. The first kappa shape index (κ1) is 23.6. The molecule has 0 amide bonds. The quantitative estimate of drug-likeness (QED) is 0.245. The number of benzene rings is 4. The van der Waals surface area contributed by atoms with Crippen LogP contribution in [-0.4, -0.2) is 33.6 Å². The third-order valence-electron chi connectivity index (χ3n) is 6.04. The van der Waals surface area contributed by atoms with Gasteiger partial charge in [-0.2, -0.15) is 9.78 Å². The first-order valence-electron chi connectivity index (χ1n) is 11.6. The molecule has 2 aromatic heterocycles. The van der Waals surface area contributed by atoms with Gasteiger partial charge in [0.2, 0.25) is 5.82 Å². The molecule has 0 atom stereocenters. The van der Waals surface area contributed by atoms with Gasteiger partial charge in [-0.25, -0.2) is 9.78 Å². The van der Waals surface area contributed by atoms with Crippen LogP contribution in [0.3, 0.4) is 0 Å². The molecule has 0 aliphatic rings. The Morgan fingerprint density at radius 1 is 1.00 bits per heavy atom. The normalized spacial score (nSPS) is 11.6. The van der Waals surface area contributed by atoms with Crippen molar-refractivity contribution in [2.75, 3.05) is 6.61 Å². The molecule has 4 aromatic carbocycles. The second kappa shape index (κ2) is 9.60. The Bertz CT molecular complexity index is 1960. The molecule has 0 saturated carbocycles. The van der Waals surface area contributed by atoms with Gasteiger partial charge in [0.1, 0.15) is 11.3 Å². The van der Waals surface area contributed by atoms with Crippen LogP contribution in [0.2, 0.25) is 0 Å². The number of para-hydroxylation sites is 1. The molecular weight excluding hydrogens is 550 g/mol. The Hall–Kier alpha value is -4.76. The van der Waals surface area contributed by atoms with Crippen molar-refractivity contribution in [3.05, 3.63) is 105 Å². The molecule has 38 heavy (non-hydrogen) atoms. The van der Waals surface area contributed by atoms with Crippen molar-refractivity contribution in [2.24, 2.45) is 5.10 Å². The summed E-state index contributed by atoms with van der Waals surface area (Å²) < 4.78 is 13.7. The fraction of sp³-hybridized carbons (Fsp3) is 0.0345. The van der Waals surface area contributed by atoms with Gasteiger partial charge in [0.25, 0.3) is 5.56 Å². The highest BCUT2D eigenvalue weighted by atomic mass is 79.9. The molecule has 1 N–H and O–H groups in total. The maximum absolute atomic E-state index is 13.6. The summed E-state index contributed by atoms with van der Waals surface area (Å²) >= 11 is 3.47. The standard InChI is InChI=1S/C29H18BrN3O5/c30-19-10-12-24-18(13-19)14-26(38-24)28-32-23-8-4-3-7-21(23)29(36)33(28)31-15-22-20-6-2-1-5-17(20)9-11-25(22)37-16-27(34)35/h1-15H,16H2,(H,34,35). The van der Waals surface area contributed by atoms with Crippen LogP contribution < -0.4 is 10.3 Å². The SMILES string of the molecule is O=C(O)COc1ccc2ccccc2c1C=Nn1c(-c2cc3cc(Br)ccc3o2)nc2ccccc2c1=O. The van der Waals surface area contributed by atoms with E-state index in [1.807, 2.05) is 60.7 Å². The van der Waals surface area contributed by atoms with Crippen molar-refractivity contribution in [1.82, 2.24) is 9.66 Å².